The molecular formula is C22H24ClN7O3. The highest BCUT2D eigenvalue weighted by atomic mass is 35.5. The van der Waals surface area contributed by atoms with Crippen LogP contribution in [0.5, 0.6) is 0 Å². The summed E-state index contributed by atoms with van der Waals surface area (Å²) in [6.07, 6.45) is 3.16. The van der Waals surface area contributed by atoms with Gasteiger partial charge in [0.1, 0.15) is 11.3 Å². The first-order valence-corrected chi connectivity index (χ1v) is 10.6. The van der Waals surface area contributed by atoms with E-state index in [1.54, 1.807) is 44.4 Å². The zero-order chi connectivity index (χ0) is 24.0. The van der Waals surface area contributed by atoms with Gasteiger partial charge in [-0.25, -0.2) is 14.5 Å². The van der Waals surface area contributed by atoms with E-state index in [4.69, 9.17) is 16.3 Å². The summed E-state index contributed by atoms with van der Waals surface area (Å²) < 4.78 is 6.82. The number of aromatic nitrogens is 5. The second kappa shape index (κ2) is 10.7. The van der Waals surface area contributed by atoms with Gasteiger partial charge in [0.2, 0.25) is 0 Å². The number of aryl methyl sites for hydroxylation is 1. The summed E-state index contributed by atoms with van der Waals surface area (Å²) in [5.74, 6) is 0.0453. The van der Waals surface area contributed by atoms with Crippen molar-refractivity contribution in [1.82, 2.24) is 25.0 Å². The number of hydrogen-bond acceptors (Lipinski definition) is 7. The monoisotopic (exact) mass is 469 g/mol. The Labute approximate surface area is 196 Å². The molecule has 2 N–H and O–H groups in total. The molecule has 3 rings (SSSR count). The number of carbonyl (C=O) groups is 2. The summed E-state index contributed by atoms with van der Waals surface area (Å²) in [4.78, 5) is 32.9. The van der Waals surface area contributed by atoms with Crippen LogP contribution in [0.25, 0.3) is 11.4 Å². The zero-order valence-electron chi connectivity index (χ0n) is 18.5. The van der Waals surface area contributed by atoms with Crippen molar-refractivity contribution in [2.24, 2.45) is 7.05 Å². The van der Waals surface area contributed by atoms with Crippen molar-refractivity contribution in [1.29, 1.82) is 0 Å². The summed E-state index contributed by atoms with van der Waals surface area (Å²) in [5.41, 5.74) is 2.39. The SMILES string of the molecule is C=C(CCC)C(=O)Nc1ccc(-c2nnn(C)c2NC(=O)O[C@H](C)c2cccnc2Cl)nc1. The van der Waals surface area contributed by atoms with Crippen molar-refractivity contribution in [3.63, 3.8) is 0 Å². The summed E-state index contributed by atoms with van der Waals surface area (Å²) in [5, 5.41) is 13.7. The molecule has 0 saturated carbocycles. The lowest BCUT2D eigenvalue weighted by molar-refractivity contribution is -0.113. The maximum Gasteiger partial charge on any atom is 0.413 e. The second-order valence-corrected chi connectivity index (χ2v) is 7.56. The molecule has 2 amide bonds. The molecule has 0 aliphatic rings. The fraction of sp³-hybridized carbons (Fsp3) is 0.273. The number of ether oxygens (including phenoxy) is 1. The van der Waals surface area contributed by atoms with Gasteiger partial charge in [0.15, 0.2) is 11.5 Å². The maximum atomic E-state index is 12.5. The van der Waals surface area contributed by atoms with Crippen LogP contribution in [0.3, 0.4) is 0 Å². The van der Waals surface area contributed by atoms with Crippen LogP contribution in [0.15, 0.2) is 48.8 Å². The average molecular weight is 470 g/mol. The lowest BCUT2D eigenvalue weighted by atomic mass is 10.1. The Kier molecular flexibility index (Phi) is 7.73. The predicted octanol–water partition coefficient (Wildman–Crippen LogP) is 4.53. The molecule has 0 aliphatic heterocycles. The smallest absolute Gasteiger partial charge is 0.413 e. The van der Waals surface area contributed by atoms with E-state index in [1.807, 2.05) is 6.92 Å². The number of anilines is 2. The van der Waals surface area contributed by atoms with Crippen LogP contribution >= 0.6 is 11.6 Å². The van der Waals surface area contributed by atoms with Crippen molar-refractivity contribution in [3.8, 4) is 11.4 Å². The minimum atomic E-state index is -0.715. The van der Waals surface area contributed by atoms with E-state index >= 15 is 0 Å². The highest BCUT2D eigenvalue weighted by Gasteiger charge is 2.20. The minimum absolute atomic E-state index is 0.251. The van der Waals surface area contributed by atoms with E-state index in [0.717, 1.165) is 6.42 Å². The predicted molar refractivity (Wildman–Crippen MR) is 125 cm³/mol. The molecule has 0 aliphatic carbocycles. The number of pyridine rings is 2. The first-order valence-electron chi connectivity index (χ1n) is 10.2. The number of hydrogen-bond donors (Lipinski definition) is 2. The molecular weight excluding hydrogens is 446 g/mol. The van der Waals surface area contributed by atoms with Crippen molar-refractivity contribution >= 4 is 35.1 Å². The molecule has 33 heavy (non-hydrogen) atoms. The van der Waals surface area contributed by atoms with Crippen LogP contribution in [0.4, 0.5) is 16.3 Å². The molecule has 10 nitrogen and oxygen atoms in total. The number of carbonyl (C=O) groups excluding carboxylic acids is 2. The minimum Gasteiger partial charge on any atom is -0.441 e. The van der Waals surface area contributed by atoms with Crippen LogP contribution in [-0.2, 0) is 16.6 Å². The van der Waals surface area contributed by atoms with Gasteiger partial charge in [-0.1, -0.05) is 42.8 Å². The fourth-order valence-corrected chi connectivity index (χ4v) is 3.24. The molecule has 1 atom stereocenters. The largest absolute Gasteiger partial charge is 0.441 e. The number of rotatable bonds is 8. The van der Waals surface area contributed by atoms with Crippen LogP contribution < -0.4 is 10.6 Å². The lowest BCUT2D eigenvalue weighted by Crippen LogP contribution is -2.18. The van der Waals surface area contributed by atoms with Crippen LogP contribution in [0, 0.1) is 0 Å². The maximum absolute atomic E-state index is 12.5. The van der Waals surface area contributed by atoms with Gasteiger partial charge in [0.05, 0.1) is 17.6 Å². The molecule has 0 radical (unpaired) electrons. The number of halogens is 1. The van der Waals surface area contributed by atoms with Gasteiger partial charge in [-0.05, 0) is 31.5 Å². The fourth-order valence-electron chi connectivity index (χ4n) is 2.96. The number of nitrogens with one attached hydrogen (secondary N) is 2. The summed E-state index contributed by atoms with van der Waals surface area (Å²) >= 11 is 6.07. The topological polar surface area (TPSA) is 124 Å². The third-order valence-electron chi connectivity index (χ3n) is 4.69. The summed E-state index contributed by atoms with van der Waals surface area (Å²) in [7, 11) is 1.63. The number of nitrogens with zero attached hydrogens (tertiary/aromatic N) is 5. The molecule has 11 heteroatoms. The van der Waals surface area contributed by atoms with E-state index in [-0.39, 0.29) is 11.1 Å². The van der Waals surface area contributed by atoms with Gasteiger partial charge in [0.25, 0.3) is 5.91 Å². The van der Waals surface area contributed by atoms with E-state index in [2.05, 4.69) is 37.5 Å². The van der Waals surface area contributed by atoms with Crippen molar-refractivity contribution < 1.29 is 14.3 Å². The van der Waals surface area contributed by atoms with Gasteiger partial charge >= 0.3 is 6.09 Å². The molecule has 3 aromatic heterocycles. The van der Waals surface area contributed by atoms with Gasteiger partial charge in [-0.2, -0.15) is 0 Å². The Balaban J connectivity index is 1.70. The Morgan fingerprint density at radius 1 is 1.24 bits per heavy atom. The third-order valence-corrected chi connectivity index (χ3v) is 5.01. The Hall–Kier alpha value is -3.79. The molecule has 0 aromatic carbocycles. The molecule has 3 heterocycles. The summed E-state index contributed by atoms with van der Waals surface area (Å²) in [6, 6.07) is 6.78. The van der Waals surface area contributed by atoms with E-state index < -0.39 is 12.2 Å². The highest BCUT2D eigenvalue weighted by molar-refractivity contribution is 6.30. The highest BCUT2D eigenvalue weighted by Crippen LogP contribution is 2.26. The molecule has 0 saturated heterocycles. The first kappa shape index (κ1) is 23.9. The van der Waals surface area contributed by atoms with Gasteiger partial charge in [-0.3, -0.25) is 15.1 Å². The molecule has 0 bridgehead atoms. The molecule has 3 aromatic rings. The molecule has 0 fully saturated rings. The van der Waals surface area contributed by atoms with E-state index in [9.17, 15) is 9.59 Å². The van der Waals surface area contributed by atoms with Gasteiger partial charge in [-0.15, -0.1) is 5.10 Å². The molecule has 172 valence electrons. The lowest BCUT2D eigenvalue weighted by Gasteiger charge is -2.15. The van der Waals surface area contributed by atoms with Gasteiger partial charge < -0.3 is 10.1 Å². The van der Waals surface area contributed by atoms with Gasteiger partial charge in [0, 0.05) is 24.4 Å². The Morgan fingerprint density at radius 3 is 2.70 bits per heavy atom. The second-order valence-electron chi connectivity index (χ2n) is 7.21. The molecule has 0 spiro atoms. The van der Waals surface area contributed by atoms with Crippen molar-refractivity contribution in [2.75, 3.05) is 10.6 Å². The Bertz CT molecular complexity index is 1160. The standard InChI is InChI=1S/C22H24ClN7O3/c1-5-7-13(2)21(31)26-15-9-10-17(25-12-15)18-20(30(4)29-28-18)27-22(32)33-14(3)16-8-6-11-24-19(16)23/h6,8-12,14H,2,5,7H2,1,3-4H3,(H,26,31)(H,27,32)/t14-/m1/s1. The van der Waals surface area contributed by atoms with E-state index in [0.29, 0.717) is 40.5 Å². The normalized spacial score (nSPS) is 11.5. The third kappa shape index (κ3) is 5.92. The Morgan fingerprint density at radius 2 is 2.03 bits per heavy atom. The summed E-state index contributed by atoms with van der Waals surface area (Å²) in [6.45, 7) is 7.44. The van der Waals surface area contributed by atoms with Crippen LogP contribution in [-0.4, -0.2) is 37.0 Å². The van der Waals surface area contributed by atoms with Crippen molar-refractivity contribution in [2.45, 2.75) is 32.8 Å². The van der Waals surface area contributed by atoms with Crippen molar-refractivity contribution in [3.05, 3.63) is 59.5 Å². The van der Waals surface area contributed by atoms with Crippen LogP contribution in [0.1, 0.15) is 38.4 Å². The van der Waals surface area contributed by atoms with E-state index in [1.165, 1.54) is 10.9 Å². The number of amides is 2. The quantitative estimate of drug-likeness (QED) is 0.366. The average Bonchev–Trinajstić information content (AvgIpc) is 3.14. The zero-order valence-corrected chi connectivity index (χ0v) is 19.3. The first-order chi connectivity index (χ1) is 15.8. The van der Waals surface area contributed by atoms with Crippen LogP contribution in [0.2, 0.25) is 5.15 Å². The molecule has 0 unspecified atom stereocenters.